The molecule has 118 valence electrons. The SMILES string of the molecule is Cc1cccc(C)c1CS(=O)(=O)NCC(=O)NCC(C)C. The first-order valence-electron chi connectivity index (χ1n) is 7.00. The minimum atomic E-state index is -3.52. The van der Waals surface area contributed by atoms with Crippen molar-refractivity contribution in [2.75, 3.05) is 13.1 Å². The van der Waals surface area contributed by atoms with Crippen LogP contribution >= 0.6 is 0 Å². The Morgan fingerprint density at radius 1 is 1.19 bits per heavy atom. The molecule has 1 aromatic rings. The third kappa shape index (κ3) is 6.27. The topological polar surface area (TPSA) is 75.3 Å². The molecule has 5 nitrogen and oxygen atoms in total. The van der Waals surface area contributed by atoms with E-state index in [2.05, 4.69) is 10.0 Å². The van der Waals surface area contributed by atoms with Crippen molar-refractivity contribution in [2.24, 2.45) is 5.92 Å². The van der Waals surface area contributed by atoms with Crippen molar-refractivity contribution in [2.45, 2.75) is 33.4 Å². The molecule has 0 aliphatic heterocycles. The van der Waals surface area contributed by atoms with E-state index in [0.717, 1.165) is 16.7 Å². The fraction of sp³-hybridized carbons (Fsp3) is 0.533. The van der Waals surface area contributed by atoms with Gasteiger partial charge in [-0.25, -0.2) is 13.1 Å². The van der Waals surface area contributed by atoms with Gasteiger partial charge < -0.3 is 5.32 Å². The van der Waals surface area contributed by atoms with Crippen molar-refractivity contribution in [1.29, 1.82) is 0 Å². The molecule has 0 aliphatic rings. The lowest BCUT2D eigenvalue weighted by Gasteiger charge is -2.12. The van der Waals surface area contributed by atoms with Crippen LogP contribution in [0.1, 0.15) is 30.5 Å². The average Bonchev–Trinajstić information content (AvgIpc) is 2.38. The molecule has 6 heteroatoms. The predicted molar refractivity (Wildman–Crippen MR) is 84.4 cm³/mol. The zero-order valence-corrected chi connectivity index (χ0v) is 13.9. The molecule has 0 bridgehead atoms. The van der Waals surface area contributed by atoms with Gasteiger partial charge in [-0.2, -0.15) is 0 Å². The summed E-state index contributed by atoms with van der Waals surface area (Å²) in [6, 6.07) is 5.66. The van der Waals surface area contributed by atoms with E-state index >= 15 is 0 Å². The molecule has 0 unspecified atom stereocenters. The number of sulfonamides is 1. The van der Waals surface area contributed by atoms with Gasteiger partial charge in [0.1, 0.15) is 0 Å². The Hall–Kier alpha value is -1.40. The Kier molecular flexibility index (Phi) is 6.36. The zero-order valence-electron chi connectivity index (χ0n) is 13.1. The lowest BCUT2D eigenvalue weighted by molar-refractivity contribution is -0.120. The van der Waals surface area contributed by atoms with Crippen molar-refractivity contribution in [3.8, 4) is 0 Å². The average molecular weight is 312 g/mol. The fourth-order valence-electron chi connectivity index (χ4n) is 1.87. The van der Waals surface area contributed by atoms with Crippen LogP contribution < -0.4 is 10.0 Å². The monoisotopic (exact) mass is 312 g/mol. The summed E-state index contributed by atoms with van der Waals surface area (Å²) < 4.78 is 26.5. The van der Waals surface area contributed by atoms with Gasteiger partial charge in [0.15, 0.2) is 0 Å². The number of carbonyl (C=O) groups excluding carboxylic acids is 1. The second-order valence-corrected chi connectivity index (χ2v) is 7.46. The lowest BCUT2D eigenvalue weighted by Crippen LogP contribution is -2.38. The van der Waals surface area contributed by atoms with Gasteiger partial charge in [-0.1, -0.05) is 32.0 Å². The molecular weight excluding hydrogens is 288 g/mol. The van der Waals surface area contributed by atoms with Crippen LogP contribution in [0.25, 0.3) is 0 Å². The summed E-state index contributed by atoms with van der Waals surface area (Å²) in [5.41, 5.74) is 2.65. The Morgan fingerprint density at radius 3 is 2.29 bits per heavy atom. The molecule has 1 amide bonds. The number of rotatable bonds is 7. The lowest BCUT2D eigenvalue weighted by atomic mass is 10.1. The maximum Gasteiger partial charge on any atom is 0.235 e. The molecule has 0 aromatic heterocycles. The first-order valence-corrected chi connectivity index (χ1v) is 8.65. The van der Waals surface area contributed by atoms with Crippen LogP contribution in [0.4, 0.5) is 0 Å². The van der Waals surface area contributed by atoms with Gasteiger partial charge >= 0.3 is 0 Å². The molecule has 21 heavy (non-hydrogen) atoms. The smallest absolute Gasteiger partial charge is 0.235 e. The van der Waals surface area contributed by atoms with Gasteiger partial charge in [-0.05, 0) is 36.5 Å². The van der Waals surface area contributed by atoms with Crippen LogP contribution in [0.15, 0.2) is 18.2 Å². The van der Waals surface area contributed by atoms with Crippen molar-refractivity contribution < 1.29 is 13.2 Å². The Bertz CT molecular complexity index is 575. The minimum Gasteiger partial charge on any atom is -0.355 e. The molecule has 0 saturated heterocycles. The number of benzene rings is 1. The van der Waals surface area contributed by atoms with Gasteiger partial charge in [0.25, 0.3) is 0 Å². The molecule has 0 aliphatic carbocycles. The van der Waals surface area contributed by atoms with Crippen molar-refractivity contribution >= 4 is 15.9 Å². The highest BCUT2D eigenvalue weighted by Crippen LogP contribution is 2.15. The summed E-state index contributed by atoms with van der Waals surface area (Å²) in [6.45, 7) is 8.04. The number of hydrogen-bond donors (Lipinski definition) is 2. The van der Waals surface area contributed by atoms with Gasteiger partial charge in [0, 0.05) is 6.54 Å². The van der Waals surface area contributed by atoms with E-state index in [1.807, 2.05) is 45.9 Å². The van der Waals surface area contributed by atoms with E-state index in [4.69, 9.17) is 0 Å². The van der Waals surface area contributed by atoms with E-state index < -0.39 is 10.0 Å². The summed E-state index contributed by atoms with van der Waals surface area (Å²) in [5.74, 6) is -0.0860. The number of nitrogens with one attached hydrogen (secondary N) is 2. The van der Waals surface area contributed by atoms with E-state index in [9.17, 15) is 13.2 Å². The van der Waals surface area contributed by atoms with Crippen LogP contribution in [0.5, 0.6) is 0 Å². The summed E-state index contributed by atoms with van der Waals surface area (Å²) in [5, 5.41) is 2.68. The van der Waals surface area contributed by atoms with Crippen LogP contribution in [0.3, 0.4) is 0 Å². The Morgan fingerprint density at radius 2 is 1.76 bits per heavy atom. The predicted octanol–water partition coefficient (Wildman–Crippen LogP) is 1.50. The Balaban J connectivity index is 2.60. The molecule has 0 heterocycles. The number of aryl methyl sites for hydroxylation is 2. The highest BCUT2D eigenvalue weighted by atomic mass is 32.2. The van der Waals surface area contributed by atoms with E-state index in [0.29, 0.717) is 12.5 Å². The van der Waals surface area contributed by atoms with E-state index in [1.54, 1.807) is 0 Å². The molecule has 0 atom stereocenters. The Labute approximate surface area is 127 Å². The van der Waals surface area contributed by atoms with Gasteiger partial charge in [0.05, 0.1) is 12.3 Å². The largest absolute Gasteiger partial charge is 0.355 e. The first-order chi connectivity index (χ1) is 9.71. The van der Waals surface area contributed by atoms with Gasteiger partial charge in [-0.3, -0.25) is 4.79 Å². The molecule has 0 spiro atoms. The summed E-state index contributed by atoms with van der Waals surface area (Å²) >= 11 is 0. The molecule has 0 fully saturated rings. The van der Waals surface area contributed by atoms with Crippen LogP contribution in [-0.2, 0) is 20.6 Å². The molecule has 2 N–H and O–H groups in total. The maximum atomic E-state index is 12.1. The van der Waals surface area contributed by atoms with Crippen molar-refractivity contribution in [3.05, 3.63) is 34.9 Å². The fourth-order valence-corrected chi connectivity index (χ4v) is 3.16. The van der Waals surface area contributed by atoms with Gasteiger partial charge in [-0.15, -0.1) is 0 Å². The molecule has 1 rings (SSSR count). The van der Waals surface area contributed by atoms with E-state index in [1.165, 1.54) is 0 Å². The third-order valence-corrected chi connectivity index (χ3v) is 4.39. The van der Waals surface area contributed by atoms with Crippen molar-refractivity contribution in [1.82, 2.24) is 10.0 Å². The number of hydrogen-bond acceptors (Lipinski definition) is 3. The second-order valence-electron chi connectivity index (χ2n) is 5.65. The third-order valence-electron chi connectivity index (χ3n) is 3.14. The highest BCUT2D eigenvalue weighted by Gasteiger charge is 2.16. The maximum absolute atomic E-state index is 12.1. The summed E-state index contributed by atoms with van der Waals surface area (Å²) in [7, 11) is -3.52. The summed E-state index contributed by atoms with van der Waals surface area (Å²) in [4.78, 5) is 11.5. The first kappa shape index (κ1) is 17.7. The molecular formula is C15H24N2O3S. The summed E-state index contributed by atoms with van der Waals surface area (Å²) in [6.07, 6.45) is 0. The van der Waals surface area contributed by atoms with Crippen LogP contribution in [-0.4, -0.2) is 27.4 Å². The zero-order chi connectivity index (χ0) is 16.0. The number of carbonyl (C=O) groups is 1. The highest BCUT2D eigenvalue weighted by molar-refractivity contribution is 7.88. The van der Waals surface area contributed by atoms with E-state index in [-0.39, 0.29) is 18.2 Å². The number of amides is 1. The minimum absolute atomic E-state index is 0.108. The second kappa shape index (κ2) is 7.56. The molecule has 0 saturated carbocycles. The quantitative estimate of drug-likeness (QED) is 0.801. The molecule has 1 aromatic carbocycles. The van der Waals surface area contributed by atoms with Crippen LogP contribution in [0.2, 0.25) is 0 Å². The van der Waals surface area contributed by atoms with Crippen LogP contribution in [0, 0.1) is 19.8 Å². The standard InChI is InChI=1S/C15H24N2O3S/c1-11(2)8-16-15(18)9-17-21(19,20)10-14-12(3)6-5-7-13(14)4/h5-7,11,17H,8-10H2,1-4H3,(H,16,18). The normalized spacial score (nSPS) is 11.7. The van der Waals surface area contributed by atoms with Crippen molar-refractivity contribution in [3.63, 3.8) is 0 Å². The van der Waals surface area contributed by atoms with Gasteiger partial charge in [0.2, 0.25) is 15.9 Å². The molecule has 0 radical (unpaired) electrons.